The van der Waals surface area contributed by atoms with Gasteiger partial charge in [0, 0.05) is 13.1 Å². The van der Waals surface area contributed by atoms with Gasteiger partial charge in [-0.3, -0.25) is 14.9 Å². The molecule has 7 nitrogen and oxygen atoms in total. The Hall–Kier alpha value is -2.42. The Balaban J connectivity index is 1.99. The summed E-state index contributed by atoms with van der Waals surface area (Å²) in [5.41, 5.74) is -0.103. The molecule has 0 fully saturated rings. The normalized spacial score (nSPS) is 10.1. The highest BCUT2D eigenvalue weighted by molar-refractivity contribution is 7.80. The molecule has 1 N–H and O–H groups in total. The average Bonchev–Trinajstić information content (AvgIpc) is 2.59. The number of carbonyl (C=O) groups excluding carboxylic acids is 1. The van der Waals surface area contributed by atoms with Crippen molar-refractivity contribution in [2.45, 2.75) is 0 Å². The summed E-state index contributed by atoms with van der Waals surface area (Å²) in [5.74, 6) is -0.236. The van der Waals surface area contributed by atoms with E-state index in [1.165, 1.54) is 23.1 Å². The quantitative estimate of drug-likeness (QED) is 0.450. The summed E-state index contributed by atoms with van der Waals surface area (Å²) >= 11 is 17.1. The molecular formula is C16H13Cl2N3O4S. The molecule has 10 heteroatoms. The van der Waals surface area contributed by atoms with Crippen LogP contribution in [-0.4, -0.2) is 34.5 Å². The van der Waals surface area contributed by atoms with Crippen molar-refractivity contribution >= 4 is 57.9 Å². The van der Waals surface area contributed by atoms with E-state index in [-0.39, 0.29) is 33.9 Å². The lowest BCUT2D eigenvalue weighted by Crippen LogP contribution is -2.36. The van der Waals surface area contributed by atoms with Gasteiger partial charge in [-0.2, -0.15) is 0 Å². The third-order valence-electron chi connectivity index (χ3n) is 3.18. The summed E-state index contributed by atoms with van der Waals surface area (Å²) in [6, 6.07) is 10.7. The maximum absolute atomic E-state index is 12.1. The number of halogens is 2. The third-order valence-corrected chi connectivity index (χ3v) is 4.38. The van der Waals surface area contributed by atoms with E-state index in [9.17, 15) is 14.9 Å². The van der Waals surface area contributed by atoms with Gasteiger partial charge in [0.25, 0.3) is 10.9 Å². The van der Waals surface area contributed by atoms with Crippen molar-refractivity contribution in [2.75, 3.05) is 18.9 Å². The molecule has 26 heavy (non-hydrogen) atoms. The number of nitrogens with one attached hydrogen (secondary N) is 1. The van der Waals surface area contributed by atoms with E-state index in [4.69, 9.17) is 40.2 Å². The van der Waals surface area contributed by atoms with E-state index in [1.54, 1.807) is 31.3 Å². The molecule has 1 amide bonds. The number of nitro groups is 1. The minimum atomic E-state index is -0.575. The fourth-order valence-corrected chi connectivity index (χ4v) is 2.43. The van der Waals surface area contributed by atoms with Crippen LogP contribution >= 0.6 is 35.4 Å². The number of hydrogen-bond donors (Lipinski definition) is 1. The predicted molar refractivity (Wildman–Crippen MR) is 104 cm³/mol. The molecule has 0 saturated heterocycles. The van der Waals surface area contributed by atoms with E-state index in [1.807, 2.05) is 0 Å². The van der Waals surface area contributed by atoms with E-state index < -0.39 is 10.8 Å². The second kappa shape index (κ2) is 8.79. The Kier molecular flexibility index (Phi) is 6.73. The molecule has 0 spiro atoms. The maximum atomic E-state index is 12.1. The van der Waals surface area contributed by atoms with Gasteiger partial charge in [0.1, 0.15) is 23.0 Å². The lowest BCUT2D eigenvalue weighted by atomic mass is 10.2. The van der Waals surface area contributed by atoms with Gasteiger partial charge in [-0.25, -0.2) is 0 Å². The molecule has 0 radical (unpaired) electrons. The second-order valence-corrected chi connectivity index (χ2v) is 6.23. The SMILES string of the molecule is CN(CC(=O)Nc1ccccc1[N+](=O)[O-])C(=S)Oc1cccc(Cl)c1Cl. The number of benzene rings is 2. The Morgan fingerprint density at radius 1 is 1.27 bits per heavy atom. The molecule has 0 bridgehead atoms. The van der Waals surface area contributed by atoms with Crippen LogP contribution in [-0.2, 0) is 4.79 Å². The Labute approximate surface area is 164 Å². The largest absolute Gasteiger partial charge is 0.430 e. The van der Waals surface area contributed by atoms with Crippen LogP contribution in [0.25, 0.3) is 0 Å². The molecule has 0 aliphatic rings. The van der Waals surface area contributed by atoms with E-state index in [0.29, 0.717) is 5.02 Å². The molecule has 2 rings (SSSR count). The second-order valence-electron chi connectivity index (χ2n) is 5.10. The number of likely N-dealkylation sites (N-methyl/N-ethyl adjacent to an activating group) is 1. The lowest BCUT2D eigenvalue weighted by Gasteiger charge is -2.19. The first-order chi connectivity index (χ1) is 12.3. The monoisotopic (exact) mass is 413 g/mol. The van der Waals surface area contributed by atoms with Crippen molar-refractivity contribution in [3.8, 4) is 5.75 Å². The minimum absolute atomic E-state index is 0.00752. The smallest absolute Gasteiger partial charge is 0.292 e. The van der Waals surface area contributed by atoms with Gasteiger partial charge in [-0.1, -0.05) is 41.4 Å². The van der Waals surface area contributed by atoms with Crippen molar-refractivity contribution < 1.29 is 14.5 Å². The number of para-hydroxylation sites is 2. The molecular weight excluding hydrogens is 401 g/mol. The number of anilines is 1. The van der Waals surface area contributed by atoms with Crippen LogP contribution in [0.1, 0.15) is 0 Å². The number of amides is 1. The van der Waals surface area contributed by atoms with Gasteiger partial charge in [-0.05, 0) is 30.4 Å². The zero-order valence-electron chi connectivity index (χ0n) is 13.4. The zero-order valence-corrected chi connectivity index (χ0v) is 15.8. The first-order valence-corrected chi connectivity index (χ1v) is 8.36. The van der Waals surface area contributed by atoms with Crippen molar-refractivity contribution in [1.82, 2.24) is 4.90 Å². The number of ether oxygens (including phenoxy) is 1. The van der Waals surface area contributed by atoms with Gasteiger partial charge in [0.05, 0.1) is 9.95 Å². The summed E-state index contributed by atoms with van der Waals surface area (Å²) in [6.07, 6.45) is 0. The molecule has 0 atom stereocenters. The number of rotatable bonds is 5. The van der Waals surface area contributed by atoms with Gasteiger partial charge in [-0.15, -0.1) is 0 Å². The Bertz CT molecular complexity index is 863. The van der Waals surface area contributed by atoms with Crippen LogP contribution < -0.4 is 10.1 Å². The first kappa shape index (κ1) is 19.9. The molecule has 0 unspecified atom stereocenters. The molecule has 2 aromatic rings. The van der Waals surface area contributed by atoms with Crippen LogP contribution in [0.5, 0.6) is 5.75 Å². The molecule has 0 aromatic heterocycles. The van der Waals surface area contributed by atoms with E-state index in [2.05, 4.69) is 5.32 Å². The van der Waals surface area contributed by atoms with Gasteiger partial charge in [0.15, 0.2) is 0 Å². The van der Waals surface area contributed by atoms with Crippen molar-refractivity contribution in [2.24, 2.45) is 0 Å². The first-order valence-electron chi connectivity index (χ1n) is 7.20. The number of nitrogens with zero attached hydrogens (tertiary/aromatic N) is 2. The molecule has 0 aliphatic heterocycles. The molecule has 0 saturated carbocycles. The summed E-state index contributed by atoms with van der Waals surface area (Å²) < 4.78 is 5.45. The molecule has 0 aliphatic carbocycles. The van der Waals surface area contributed by atoms with Crippen LogP contribution in [0.15, 0.2) is 42.5 Å². The highest BCUT2D eigenvalue weighted by atomic mass is 35.5. The predicted octanol–water partition coefficient (Wildman–Crippen LogP) is 4.14. The van der Waals surface area contributed by atoms with Crippen molar-refractivity contribution in [3.05, 3.63) is 62.6 Å². The van der Waals surface area contributed by atoms with Crippen LogP contribution in [0.2, 0.25) is 10.0 Å². The summed E-state index contributed by atoms with van der Waals surface area (Å²) in [6.45, 7) is -0.178. The number of thiocarbonyl (C=S) groups is 1. The fraction of sp³-hybridized carbons (Fsp3) is 0.125. The molecule has 0 heterocycles. The van der Waals surface area contributed by atoms with Gasteiger partial charge in [0.2, 0.25) is 5.91 Å². The van der Waals surface area contributed by atoms with E-state index >= 15 is 0 Å². The van der Waals surface area contributed by atoms with Gasteiger partial charge < -0.3 is 15.0 Å². The Morgan fingerprint density at radius 2 is 1.96 bits per heavy atom. The summed E-state index contributed by atoms with van der Waals surface area (Å²) in [5, 5.41) is 14.0. The summed E-state index contributed by atoms with van der Waals surface area (Å²) in [4.78, 5) is 23.9. The number of hydrogen-bond acceptors (Lipinski definition) is 5. The van der Waals surface area contributed by atoms with Crippen LogP contribution in [0.4, 0.5) is 11.4 Å². The van der Waals surface area contributed by atoms with Crippen molar-refractivity contribution in [1.29, 1.82) is 0 Å². The van der Waals surface area contributed by atoms with Crippen LogP contribution in [0.3, 0.4) is 0 Å². The standard InChI is InChI=1S/C16H13Cl2N3O4S/c1-20(16(26)25-13-8-4-5-10(17)15(13)18)9-14(22)19-11-6-2-3-7-12(11)21(23)24/h2-8H,9H2,1H3,(H,19,22). The molecule has 2 aromatic carbocycles. The van der Waals surface area contributed by atoms with Crippen molar-refractivity contribution in [3.63, 3.8) is 0 Å². The Morgan fingerprint density at radius 3 is 2.65 bits per heavy atom. The maximum Gasteiger partial charge on any atom is 0.292 e. The average molecular weight is 414 g/mol. The third kappa shape index (κ3) is 5.04. The number of nitro benzene ring substituents is 1. The molecule has 136 valence electrons. The number of carbonyl (C=O) groups is 1. The topological polar surface area (TPSA) is 84.7 Å². The zero-order chi connectivity index (χ0) is 19.3. The van der Waals surface area contributed by atoms with E-state index in [0.717, 1.165) is 0 Å². The minimum Gasteiger partial charge on any atom is -0.430 e. The fourth-order valence-electron chi connectivity index (χ4n) is 1.94. The highest BCUT2D eigenvalue weighted by Gasteiger charge is 2.18. The lowest BCUT2D eigenvalue weighted by molar-refractivity contribution is -0.383. The summed E-state index contributed by atoms with van der Waals surface area (Å²) in [7, 11) is 1.54. The van der Waals surface area contributed by atoms with Crippen LogP contribution in [0, 0.1) is 10.1 Å². The highest BCUT2D eigenvalue weighted by Crippen LogP contribution is 2.31. The van der Waals surface area contributed by atoms with Gasteiger partial charge >= 0.3 is 0 Å².